The summed E-state index contributed by atoms with van der Waals surface area (Å²) in [5.74, 6) is -2.81. The Morgan fingerprint density at radius 2 is 1.89 bits per heavy atom. The number of carboxylic acids is 1. The van der Waals surface area contributed by atoms with Crippen molar-refractivity contribution in [3.8, 4) is 0 Å². The Bertz CT molecular complexity index is 1100. The highest BCUT2D eigenvalue weighted by Gasteiger charge is 2.47. The number of aliphatic carboxylic acids is 1. The lowest BCUT2D eigenvalue weighted by Gasteiger charge is -2.38. The summed E-state index contributed by atoms with van der Waals surface area (Å²) in [7, 11) is 0. The zero-order chi connectivity index (χ0) is 26.8. The molecule has 1 aromatic heterocycles. The van der Waals surface area contributed by atoms with Gasteiger partial charge in [-0.05, 0) is 61.1 Å². The molecule has 9 heteroatoms. The smallest absolute Gasteiger partial charge is 0.421 e. The highest BCUT2D eigenvalue weighted by molar-refractivity contribution is 6.31. The van der Waals surface area contributed by atoms with Crippen LogP contribution in [-0.2, 0) is 22.2 Å². The molecule has 1 N–H and O–H groups in total. The van der Waals surface area contributed by atoms with Gasteiger partial charge in [-0.1, -0.05) is 49.7 Å². The maximum Gasteiger partial charge on any atom is 0.421 e. The van der Waals surface area contributed by atoms with E-state index in [1.165, 1.54) is 0 Å². The third-order valence-electron chi connectivity index (χ3n) is 6.70. The van der Waals surface area contributed by atoms with Gasteiger partial charge in [0.25, 0.3) is 0 Å². The Labute approximate surface area is 214 Å². The van der Waals surface area contributed by atoms with E-state index in [-0.39, 0.29) is 48.3 Å². The Morgan fingerprint density at radius 1 is 1.22 bits per heavy atom. The predicted molar refractivity (Wildman–Crippen MR) is 130 cm³/mol. The molecule has 198 valence electrons. The van der Waals surface area contributed by atoms with Gasteiger partial charge in [0, 0.05) is 36.1 Å². The lowest BCUT2D eigenvalue weighted by Crippen LogP contribution is -2.27. The largest absolute Gasteiger partial charge is 0.481 e. The van der Waals surface area contributed by atoms with Crippen molar-refractivity contribution in [1.82, 2.24) is 5.16 Å². The van der Waals surface area contributed by atoms with Crippen molar-refractivity contribution < 1.29 is 32.4 Å². The Balaban J connectivity index is 1.85. The van der Waals surface area contributed by atoms with Crippen molar-refractivity contribution in [2.75, 3.05) is 0 Å². The van der Waals surface area contributed by atoms with Crippen LogP contribution < -0.4 is 0 Å². The minimum absolute atomic E-state index is 0.0636. The van der Waals surface area contributed by atoms with Crippen LogP contribution in [-0.4, -0.2) is 22.0 Å². The van der Waals surface area contributed by atoms with Crippen LogP contribution in [0.4, 0.5) is 13.2 Å². The van der Waals surface area contributed by atoms with E-state index in [4.69, 9.17) is 21.2 Å². The normalized spacial score (nSPS) is 19.1. The van der Waals surface area contributed by atoms with Gasteiger partial charge >= 0.3 is 12.1 Å². The molecule has 1 atom stereocenters. The predicted octanol–water partition coefficient (Wildman–Crippen LogP) is 7.74. The average Bonchev–Trinajstić information content (AvgIpc) is 3.14. The van der Waals surface area contributed by atoms with Gasteiger partial charge in [-0.2, -0.15) is 13.2 Å². The van der Waals surface area contributed by atoms with E-state index in [0.29, 0.717) is 29.3 Å². The van der Waals surface area contributed by atoms with Gasteiger partial charge in [0.15, 0.2) is 5.76 Å². The fourth-order valence-corrected chi connectivity index (χ4v) is 5.43. The Kier molecular flexibility index (Phi) is 8.59. The first kappa shape index (κ1) is 28.2. The number of nitrogens with zero attached hydrogens (tertiary/aromatic N) is 1. The molecule has 0 radical (unpaired) electrons. The molecule has 1 aliphatic carbocycles. The quantitative estimate of drug-likeness (QED) is 0.342. The van der Waals surface area contributed by atoms with E-state index >= 15 is 0 Å². The van der Waals surface area contributed by atoms with E-state index in [9.17, 15) is 22.8 Å². The number of aryl methyl sites for hydroxylation is 1. The lowest BCUT2D eigenvalue weighted by molar-refractivity contribution is -0.140. The third kappa shape index (κ3) is 7.34. The molecule has 0 unspecified atom stereocenters. The van der Waals surface area contributed by atoms with Crippen LogP contribution in [0, 0.1) is 18.3 Å². The summed E-state index contributed by atoms with van der Waals surface area (Å²) in [4.78, 5) is 24.1. The number of carbonyl (C=O) groups is 2. The van der Waals surface area contributed by atoms with Crippen LogP contribution in [0.25, 0.3) is 0 Å². The Hall–Kier alpha value is -2.35. The van der Waals surface area contributed by atoms with Crippen LogP contribution >= 0.6 is 11.6 Å². The minimum atomic E-state index is -4.73. The number of carbonyl (C=O) groups excluding carboxylic acids is 1. The molecule has 5 nitrogen and oxygen atoms in total. The number of Topliss-reactive ketones (excluding diaryl/α,β-unsaturated/α-hetero) is 1. The van der Waals surface area contributed by atoms with E-state index in [1.807, 2.05) is 6.92 Å². The monoisotopic (exact) mass is 527 g/mol. The van der Waals surface area contributed by atoms with Crippen LogP contribution in [0.5, 0.6) is 0 Å². The number of hydrogen-bond donors (Lipinski definition) is 1. The van der Waals surface area contributed by atoms with Crippen molar-refractivity contribution in [2.24, 2.45) is 11.3 Å². The average molecular weight is 528 g/mol. The van der Waals surface area contributed by atoms with Crippen molar-refractivity contribution in [1.29, 1.82) is 0 Å². The molecule has 0 spiro atoms. The molecule has 36 heavy (non-hydrogen) atoms. The second-order valence-corrected chi connectivity index (χ2v) is 11.7. The summed E-state index contributed by atoms with van der Waals surface area (Å²) in [6, 6.07) is 5.22. The number of carboxylic acid groups (broad SMARTS) is 1. The molecule has 0 bridgehead atoms. The summed E-state index contributed by atoms with van der Waals surface area (Å²) in [6.07, 6.45) is -3.56. The highest BCUT2D eigenvalue weighted by Crippen LogP contribution is 2.51. The number of aromatic nitrogens is 1. The van der Waals surface area contributed by atoms with E-state index in [1.54, 1.807) is 18.2 Å². The van der Waals surface area contributed by atoms with Gasteiger partial charge in [-0.15, -0.1) is 0 Å². The fraction of sp³-hybridized carbons (Fsp3) is 0.593. The molecule has 0 aliphatic heterocycles. The standard InChI is InChI=1S/C27H33ClF3NO4/c1-15-5-6-17(21(28)9-15)12-20(33)13-18(7-8-22(34)35)24-23(27(29,30)31)25(36-32-24)19-10-16(11-19)14-26(2,3)4/h5-6,9,16,18-19H,7-8,10-14H2,1-4H3,(H,34,35)/t16?,18-,19?/m1/s1. The van der Waals surface area contributed by atoms with Gasteiger partial charge in [0.2, 0.25) is 0 Å². The van der Waals surface area contributed by atoms with Crippen LogP contribution in [0.15, 0.2) is 22.7 Å². The van der Waals surface area contributed by atoms with Gasteiger partial charge in [0.1, 0.15) is 11.3 Å². The van der Waals surface area contributed by atoms with Crippen molar-refractivity contribution in [3.63, 3.8) is 0 Å². The lowest BCUT2D eigenvalue weighted by atomic mass is 9.67. The number of benzene rings is 1. The molecular formula is C27H33ClF3NO4. The molecule has 1 aliphatic rings. The molecule has 3 rings (SSSR count). The summed E-state index contributed by atoms with van der Waals surface area (Å²) in [5.41, 5.74) is 0.249. The molecular weight excluding hydrogens is 495 g/mol. The molecule has 0 amide bonds. The third-order valence-corrected chi connectivity index (χ3v) is 7.05. The molecule has 1 saturated carbocycles. The van der Waals surface area contributed by atoms with E-state index in [0.717, 1.165) is 12.0 Å². The molecule has 1 heterocycles. The van der Waals surface area contributed by atoms with Crippen LogP contribution in [0.2, 0.25) is 5.02 Å². The molecule has 0 saturated heterocycles. The van der Waals surface area contributed by atoms with Crippen LogP contribution in [0.1, 0.15) is 99.3 Å². The maximum absolute atomic E-state index is 14.2. The molecule has 1 fully saturated rings. The minimum Gasteiger partial charge on any atom is -0.481 e. The molecule has 1 aromatic carbocycles. The SMILES string of the molecule is Cc1ccc(CC(=O)C[C@@H](CCC(=O)O)c2noc(C3CC(CC(C)(C)C)C3)c2C(F)(F)F)c(Cl)c1. The second-order valence-electron chi connectivity index (χ2n) is 11.2. The zero-order valence-corrected chi connectivity index (χ0v) is 21.8. The topological polar surface area (TPSA) is 80.4 Å². The van der Waals surface area contributed by atoms with Gasteiger partial charge in [-0.3, -0.25) is 9.59 Å². The number of alkyl halides is 3. The first-order valence-corrected chi connectivity index (χ1v) is 12.6. The van der Waals surface area contributed by atoms with Crippen molar-refractivity contribution in [3.05, 3.63) is 51.4 Å². The highest BCUT2D eigenvalue weighted by atomic mass is 35.5. The number of ketones is 1. The van der Waals surface area contributed by atoms with Gasteiger partial charge in [-0.25, -0.2) is 0 Å². The Morgan fingerprint density at radius 3 is 2.44 bits per heavy atom. The summed E-state index contributed by atoms with van der Waals surface area (Å²) in [5, 5.41) is 13.4. The second kappa shape index (κ2) is 11.0. The number of halogens is 4. The number of hydrogen-bond acceptors (Lipinski definition) is 4. The summed E-state index contributed by atoms with van der Waals surface area (Å²) >= 11 is 6.22. The molecule has 2 aromatic rings. The summed E-state index contributed by atoms with van der Waals surface area (Å²) < 4.78 is 48.0. The first-order chi connectivity index (χ1) is 16.6. The van der Waals surface area contributed by atoms with Crippen LogP contribution in [0.3, 0.4) is 0 Å². The fourth-order valence-electron chi connectivity index (χ4n) is 5.13. The number of rotatable bonds is 10. The summed E-state index contributed by atoms with van der Waals surface area (Å²) in [6.45, 7) is 8.15. The van der Waals surface area contributed by atoms with Crippen molar-refractivity contribution in [2.45, 2.75) is 90.7 Å². The van der Waals surface area contributed by atoms with Crippen molar-refractivity contribution >= 4 is 23.4 Å². The van der Waals surface area contributed by atoms with Gasteiger partial charge < -0.3 is 9.63 Å². The first-order valence-electron chi connectivity index (χ1n) is 12.2. The van der Waals surface area contributed by atoms with E-state index < -0.39 is 29.5 Å². The zero-order valence-electron chi connectivity index (χ0n) is 21.0. The maximum atomic E-state index is 14.2. The van der Waals surface area contributed by atoms with Gasteiger partial charge in [0.05, 0.1) is 5.69 Å². The van der Waals surface area contributed by atoms with E-state index in [2.05, 4.69) is 25.9 Å².